The molecule has 0 aliphatic heterocycles. The summed E-state index contributed by atoms with van der Waals surface area (Å²) in [5, 5.41) is 14.2. The van der Waals surface area contributed by atoms with Crippen LogP contribution in [0.3, 0.4) is 0 Å². The summed E-state index contributed by atoms with van der Waals surface area (Å²) in [6.45, 7) is 1.63. The van der Waals surface area contributed by atoms with Gasteiger partial charge in [0.1, 0.15) is 0 Å². The van der Waals surface area contributed by atoms with E-state index in [1.54, 1.807) is 0 Å². The second-order valence-electron chi connectivity index (χ2n) is 3.57. The molecule has 1 amide bonds. The van der Waals surface area contributed by atoms with Crippen LogP contribution in [-0.4, -0.2) is 43.9 Å². The Morgan fingerprint density at radius 1 is 1.28 bits per heavy atom. The van der Waals surface area contributed by atoms with E-state index in [4.69, 9.17) is 9.84 Å². The number of amides is 1. The van der Waals surface area contributed by atoms with E-state index in [9.17, 15) is 4.79 Å². The van der Waals surface area contributed by atoms with E-state index in [1.807, 2.05) is 24.3 Å². The number of hydrogen-bond donors (Lipinski definition) is 3. The zero-order valence-corrected chi connectivity index (χ0v) is 11.6. The van der Waals surface area contributed by atoms with Gasteiger partial charge in [-0.05, 0) is 24.3 Å². The van der Waals surface area contributed by atoms with Gasteiger partial charge in [0.2, 0.25) is 5.91 Å². The number of rotatable bonds is 8. The number of anilines is 1. The van der Waals surface area contributed by atoms with Gasteiger partial charge >= 0.3 is 0 Å². The summed E-state index contributed by atoms with van der Waals surface area (Å²) in [6.07, 6.45) is 0. The third-order valence-electron chi connectivity index (χ3n) is 2.07. The summed E-state index contributed by atoms with van der Waals surface area (Å²) < 4.78 is 6.02. The maximum absolute atomic E-state index is 11.5. The van der Waals surface area contributed by atoms with Gasteiger partial charge in [-0.3, -0.25) is 4.79 Å². The number of ether oxygens (including phenoxy) is 1. The zero-order valence-electron chi connectivity index (χ0n) is 9.99. The summed E-state index contributed by atoms with van der Waals surface area (Å²) in [5.74, 6) is -0.0977. The smallest absolute Gasteiger partial charge is 0.238 e. The molecule has 0 fully saturated rings. The van der Waals surface area contributed by atoms with E-state index in [-0.39, 0.29) is 19.1 Å². The minimum atomic E-state index is -0.0977. The van der Waals surface area contributed by atoms with Crippen molar-refractivity contribution in [3.8, 4) is 0 Å². The van der Waals surface area contributed by atoms with Crippen molar-refractivity contribution < 1.29 is 14.6 Å². The molecule has 0 radical (unpaired) electrons. The van der Waals surface area contributed by atoms with Crippen LogP contribution < -0.4 is 10.6 Å². The van der Waals surface area contributed by atoms with Gasteiger partial charge in [0.05, 0.1) is 26.4 Å². The number of carbonyl (C=O) groups excluding carboxylic acids is 1. The molecule has 0 spiro atoms. The highest BCUT2D eigenvalue weighted by atomic mass is 79.9. The van der Waals surface area contributed by atoms with Crippen molar-refractivity contribution in [1.29, 1.82) is 0 Å². The molecule has 0 saturated carbocycles. The van der Waals surface area contributed by atoms with Crippen molar-refractivity contribution in [2.45, 2.75) is 0 Å². The molecule has 6 heteroatoms. The minimum Gasteiger partial charge on any atom is -0.394 e. The number of hydrogen-bond acceptors (Lipinski definition) is 4. The molecule has 0 atom stereocenters. The average molecular weight is 317 g/mol. The first-order valence-corrected chi connectivity index (χ1v) is 6.46. The highest BCUT2D eigenvalue weighted by Gasteiger charge is 2.01. The summed E-state index contributed by atoms with van der Waals surface area (Å²) in [4.78, 5) is 11.5. The van der Waals surface area contributed by atoms with E-state index in [2.05, 4.69) is 26.6 Å². The van der Waals surface area contributed by atoms with Crippen molar-refractivity contribution in [3.63, 3.8) is 0 Å². The Morgan fingerprint density at radius 2 is 2.00 bits per heavy atom. The van der Waals surface area contributed by atoms with Gasteiger partial charge in [0, 0.05) is 16.7 Å². The predicted octanol–water partition coefficient (Wildman–Crippen LogP) is 0.986. The van der Waals surface area contributed by atoms with Crippen LogP contribution in [0, 0.1) is 0 Å². The lowest BCUT2D eigenvalue weighted by Gasteiger charge is -2.07. The normalized spacial score (nSPS) is 10.3. The quantitative estimate of drug-likeness (QED) is 0.625. The fraction of sp³-hybridized carbons (Fsp3) is 0.417. The molecule has 100 valence electrons. The maximum Gasteiger partial charge on any atom is 0.238 e. The monoisotopic (exact) mass is 316 g/mol. The molecule has 5 nitrogen and oxygen atoms in total. The van der Waals surface area contributed by atoms with Crippen molar-refractivity contribution in [2.75, 3.05) is 38.2 Å². The third kappa shape index (κ3) is 6.70. The topological polar surface area (TPSA) is 70.6 Å². The molecular formula is C12H17BrN2O3. The molecule has 0 saturated heterocycles. The second-order valence-corrected chi connectivity index (χ2v) is 4.48. The van der Waals surface area contributed by atoms with Gasteiger partial charge in [-0.2, -0.15) is 0 Å². The van der Waals surface area contributed by atoms with E-state index in [1.165, 1.54) is 0 Å². The molecule has 0 aromatic heterocycles. The average Bonchev–Trinajstić information content (AvgIpc) is 2.36. The van der Waals surface area contributed by atoms with Crippen LogP contribution in [0.5, 0.6) is 0 Å². The van der Waals surface area contributed by atoms with E-state index in [0.717, 1.165) is 10.2 Å². The van der Waals surface area contributed by atoms with Crippen molar-refractivity contribution in [2.24, 2.45) is 0 Å². The van der Waals surface area contributed by atoms with E-state index in [0.29, 0.717) is 19.8 Å². The van der Waals surface area contributed by atoms with Gasteiger partial charge < -0.3 is 20.5 Å². The molecule has 0 heterocycles. The molecule has 3 N–H and O–H groups in total. The first-order valence-electron chi connectivity index (χ1n) is 5.67. The summed E-state index contributed by atoms with van der Waals surface area (Å²) >= 11 is 3.33. The van der Waals surface area contributed by atoms with E-state index < -0.39 is 0 Å². The summed E-state index contributed by atoms with van der Waals surface area (Å²) in [5.41, 5.74) is 0.765. The highest BCUT2D eigenvalue weighted by Crippen LogP contribution is 2.13. The first-order chi connectivity index (χ1) is 8.72. The Bertz CT molecular complexity index is 357. The minimum absolute atomic E-state index is 0.0179. The number of aliphatic hydroxyl groups is 1. The number of halogens is 1. The van der Waals surface area contributed by atoms with Crippen LogP contribution in [0.1, 0.15) is 0 Å². The van der Waals surface area contributed by atoms with Crippen LogP contribution in [-0.2, 0) is 9.53 Å². The number of nitrogens with one attached hydrogen (secondary N) is 2. The maximum atomic E-state index is 11.5. The molecule has 18 heavy (non-hydrogen) atoms. The van der Waals surface area contributed by atoms with Gasteiger partial charge in [-0.15, -0.1) is 0 Å². The molecular weight excluding hydrogens is 300 g/mol. The van der Waals surface area contributed by atoms with E-state index >= 15 is 0 Å². The zero-order chi connectivity index (χ0) is 13.2. The molecule has 0 aliphatic rings. The van der Waals surface area contributed by atoms with Gasteiger partial charge in [-0.1, -0.05) is 15.9 Å². The third-order valence-corrected chi connectivity index (χ3v) is 2.60. The van der Waals surface area contributed by atoms with Crippen molar-refractivity contribution >= 4 is 27.5 Å². The molecule has 0 bridgehead atoms. The Labute approximate surface area is 115 Å². The van der Waals surface area contributed by atoms with Gasteiger partial charge in [0.15, 0.2) is 0 Å². The van der Waals surface area contributed by atoms with Crippen LogP contribution in [0.4, 0.5) is 5.69 Å². The van der Waals surface area contributed by atoms with Crippen LogP contribution in [0.25, 0.3) is 0 Å². The van der Waals surface area contributed by atoms with Crippen LogP contribution >= 0.6 is 15.9 Å². The van der Waals surface area contributed by atoms with Crippen molar-refractivity contribution in [1.82, 2.24) is 5.32 Å². The largest absolute Gasteiger partial charge is 0.394 e. The van der Waals surface area contributed by atoms with Crippen LogP contribution in [0.15, 0.2) is 28.7 Å². The fourth-order valence-electron chi connectivity index (χ4n) is 1.25. The lowest BCUT2D eigenvalue weighted by molar-refractivity contribution is -0.115. The molecule has 1 aromatic carbocycles. The highest BCUT2D eigenvalue weighted by molar-refractivity contribution is 9.10. The van der Waals surface area contributed by atoms with Gasteiger partial charge in [0.25, 0.3) is 0 Å². The number of aliphatic hydroxyl groups excluding tert-OH is 1. The second kappa shape index (κ2) is 9.04. The molecule has 1 aromatic rings. The Balaban J connectivity index is 2.12. The Kier molecular flexibility index (Phi) is 7.59. The fourth-order valence-corrected chi connectivity index (χ4v) is 1.52. The first kappa shape index (κ1) is 15.1. The lowest BCUT2D eigenvalue weighted by Crippen LogP contribution is -2.30. The summed E-state index contributed by atoms with van der Waals surface area (Å²) in [7, 11) is 0. The number of carbonyl (C=O) groups is 1. The predicted molar refractivity (Wildman–Crippen MR) is 73.5 cm³/mol. The van der Waals surface area contributed by atoms with Crippen LogP contribution in [0.2, 0.25) is 0 Å². The van der Waals surface area contributed by atoms with Crippen molar-refractivity contribution in [3.05, 3.63) is 28.7 Å². The molecule has 0 unspecified atom stereocenters. The Hall–Kier alpha value is -0.950. The molecule has 0 aliphatic carbocycles. The molecule has 1 rings (SSSR count). The Morgan fingerprint density at radius 3 is 2.67 bits per heavy atom. The standard InChI is InChI=1S/C12H17BrN2O3/c13-10-1-3-11(4-2-10)15-12(17)9-14-5-7-18-8-6-16/h1-4,14,16H,5-9H2,(H,15,17). The SMILES string of the molecule is O=C(CNCCOCCO)Nc1ccc(Br)cc1. The lowest BCUT2D eigenvalue weighted by atomic mass is 10.3. The number of benzene rings is 1. The summed E-state index contributed by atoms with van der Waals surface area (Å²) in [6, 6.07) is 7.39. The van der Waals surface area contributed by atoms with Gasteiger partial charge in [-0.25, -0.2) is 0 Å².